The van der Waals surface area contributed by atoms with Crippen molar-refractivity contribution in [1.82, 2.24) is 15.1 Å². The van der Waals surface area contributed by atoms with E-state index in [0.717, 1.165) is 31.7 Å². The number of thiophene rings is 1. The van der Waals surface area contributed by atoms with E-state index in [9.17, 15) is 10.1 Å². The summed E-state index contributed by atoms with van der Waals surface area (Å²) in [4.78, 5) is 15.0. The topological polar surface area (TPSA) is 61.6 Å². The molecule has 19 heavy (non-hydrogen) atoms. The number of hydrogen-bond acceptors (Lipinski definition) is 6. The van der Waals surface area contributed by atoms with E-state index in [2.05, 4.69) is 29.2 Å². The van der Waals surface area contributed by atoms with Crippen LogP contribution >= 0.6 is 11.3 Å². The lowest BCUT2D eigenvalue weighted by Crippen LogP contribution is -2.53. The lowest BCUT2D eigenvalue weighted by molar-refractivity contribution is -0.380. The van der Waals surface area contributed by atoms with Crippen molar-refractivity contribution in [3.05, 3.63) is 27.1 Å². The molecule has 1 N–H and O–H groups in total. The predicted molar refractivity (Wildman–Crippen MR) is 76.6 cm³/mol. The van der Waals surface area contributed by atoms with Crippen LogP contribution in [0.15, 0.2) is 11.4 Å². The van der Waals surface area contributed by atoms with Crippen LogP contribution < -0.4 is 5.32 Å². The number of nitro groups is 1. The van der Waals surface area contributed by atoms with Crippen LogP contribution in [-0.4, -0.2) is 61.0 Å². The molecule has 0 bridgehead atoms. The molecule has 0 aromatic carbocycles. The zero-order valence-electron chi connectivity index (χ0n) is 11.3. The van der Waals surface area contributed by atoms with E-state index >= 15 is 0 Å². The van der Waals surface area contributed by atoms with Crippen LogP contribution in [0, 0.1) is 10.1 Å². The van der Waals surface area contributed by atoms with Crippen LogP contribution in [-0.2, 0) is 6.54 Å². The molecule has 6 nitrogen and oxygen atoms in total. The molecule has 2 rings (SSSR count). The molecule has 1 aliphatic heterocycles. The van der Waals surface area contributed by atoms with Gasteiger partial charge in [0, 0.05) is 50.2 Å². The van der Waals surface area contributed by atoms with Gasteiger partial charge in [-0.2, -0.15) is 0 Å². The molecule has 1 aromatic rings. The van der Waals surface area contributed by atoms with Crippen molar-refractivity contribution in [3.63, 3.8) is 0 Å². The van der Waals surface area contributed by atoms with Gasteiger partial charge in [-0.05, 0) is 19.7 Å². The fourth-order valence-electron chi connectivity index (χ4n) is 2.26. The van der Waals surface area contributed by atoms with Crippen molar-refractivity contribution in [2.45, 2.75) is 12.6 Å². The second kappa shape index (κ2) is 6.42. The Bertz CT molecular complexity index is 437. The first-order chi connectivity index (χ1) is 9.06. The minimum atomic E-state index is -0.335. The highest BCUT2D eigenvalue weighted by atomic mass is 32.1. The molecule has 1 atom stereocenters. The monoisotopic (exact) mass is 284 g/mol. The van der Waals surface area contributed by atoms with Crippen LogP contribution in [0.3, 0.4) is 0 Å². The normalized spacial score (nSPS) is 21.7. The lowest BCUT2D eigenvalue weighted by Gasteiger charge is -2.37. The zero-order chi connectivity index (χ0) is 13.8. The Labute approximate surface area is 117 Å². The molecular formula is C12H20N4O2S. The summed E-state index contributed by atoms with van der Waals surface area (Å²) in [5, 5.41) is 16.1. The SMILES string of the molecule is CN1CCN(C)C(CNCc2csc([N+](=O)[O-])c2)C1. The molecule has 0 amide bonds. The summed E-state index contributed by atoms with van der Waals surface area (Å²) in [6.45, 7) is 4.87. The molecule has 1 unspecified atom stereocenters. The molecular weight excluding hydrogens is 264 g/mol. The lowest BCUT2D eigenvalue weighted by atomic mass is 10.2. The predicted octanol–water partition coefficient (Wildman–Crippen LogP) is 0.992. The van der Waals surface area contributed by atoms with Gasteiger partial charge in [0.25, 0.3) is 0 Å². The van der Waals surface area contributed by atoms with Crippen LogP contribution in [0.5, 0.6) is 0 Å². The smallest absolute Gasteiger partial charge is 0.311 e. The second-order valence-electron chi connectivity index (χ2n) is 5.08. The number of piperazine rings is 1. The van der Waals surface area contributed by atoms with Gasteiger partial charge in [0.15, 0.2) is 0 Å². The molecule has 1 aromatic heterocycles. The van der Waals surface area contributed by atoms with Crippen LogP contribution in [0.4, 0.5) is 5.00 Å². The molecule has 1 fully saturated rings. The number of likely N-dealkylation sites (N-methyl/N-ethyl adjacent to an activating group) is 2. The van der Waals surface area contributed by atoms with Crippen molar-refractivity contribution in [2.75, 3.05) is 40.3 Å². The molecule has 7 heteroatoms. The highest BCUT2D eigenvalue weighted by Gasteiger charge is 2.21. The number of nitrogens with one attached hydrogen (secondary N) is 1. The second-order valence-corrected chi connectivity index (χ2v) is 5.97. The Morgan fingerprint density at radius 1 is 1.53 bits per heavy atom. The van der Waals surface area contributed by atoms with E-state index in [0.29, 0.717) is 12.6 Å². The third-order valence-electron chi connectivity index (χ3n) is 3.51. The first-order valence-electron chi connectivity index (χ1n) is 6.37. The summed E-state index contributed by atoms with van der Waals surface area (Å²) in [7, 11) is 4.29. The molecule has 0 radical (unpaired) electrons. The van der Waals surface area contributed by atoms with E-state index in [1.54, 1.807) is 6.07 Å². The Morgan fingerprint density at radius 2 is 2.32 bits per heavy atom. The number of hydrogen-bond donors (Lipinski definition) is 1. The van der Waals surface area contributed by atoms with Crippen LogP contribution in [0.2, 0.25) is 0 Å². The van der Waals surface area contributed by atoms with Gasteiger partial charge in [-0.25, -0.2) is 0 Å². The fraction of sp³-hybridized carbons (Fsp3) is 0.667. The van der Waals surface area contributed by atoms with Crippen molar-refractivity contribution >= 4 is 16.3 Å². The van der Waals surface area contributed by atoms with Gasteiger partial charge < -0.3 is 10.2 Å². The van der Waals surface area contributed by atoms with Crippen molar-refractivity contribution in [1.29, 1.82) is 0 Å². The maximum atomic E-state index is 10.6. The Morgan fingerprint density at radius 3 is 3.00 bits per heavy atom. The van der Waals surface area contributed by atoms with Crippen LogP contribution in [0.25, 0.3) is 0 Å². The van der Waals surface area contributed by atoms with Crippen molar-refractivity contribution in [2.24, 2.45) is 0 Å². The molecule has 1 aliphatic rings. The van der Waals surface area contributed by atoms with Gasteiger partial charge in [-0.3, -0.25) is 15.0 Å². The summed E-state index contributed by atoms with van der Waals surface area (Å²) in [5.74, 6) is 0. The average Bonchev–Trinajstić information content (AvgIpc) is 2.82. The van der Waals surface area contributed by atoms with Crippen molar-refractivity contribution < 1.29 is 4.92 Å². The third-order valence-corrected chi connectivity index (χ3v) is 4.44. The van der Waals surface area contributed by atoms with Gasteiger partial charge >= 0.3 is 5.00 Å². The summed E-state index contributed by atoms with van der Waals surface area (Å²) >= 11 is 1.19. The summed E-state index contributed by atoms with van der Waals surface area (Å²) < 4.78 is 0. The molecule has 1 saturated heterocycles. The largest absolute Gasteiger partial charge is 0.324 e. The summed E-state index contributed by atoms with van der Waals surface area (Å²) in [5.41, 5.74) is 0.989. The highest BCUT2D eigenvalue weighted by molar-refractivity contribution is 7.13. The maximum absolute atomic E-state index is 10.6. The van der Waals surface area contributed by atoms with Gasteiger partial charge in [0.05, 0.1) is 4.92 Å². The van der Waals surface area contributed by atoms with Gasteiger partial charge in [-0.1, -0.05) is 11.3 Å². The molecule has 0 spiro atoms. The summed E-state index contributed by atoms with van der Waals surface area (Å²) in [6.07, 6.45) is 0. The minimum Gasteiger partial charge on any atom is -0.311 e. The Kier molecular flexibility index (Phi) is 4.87. The van der Waals surface area contributed by atoms with Gasteiger partial charge in [-0.15, -0.1) is 0 Å². The van der Waals surface area contributed by atoms with E-state index in [1.165, 1.54) is 11.3 Å². The minimum absolute atomic E-state index is 0.214. The molecule has 2 heterocycles. The van der Waals surface area contributed by atoms with Gasteiger partial charge in [0.2, 0.25) is 0 Å². The summed E-state index contributed by atoms with van der Waals surface area (Å²) in [6, 6.07) is 2.15. The Hall–Kier alpha value is -1.02. The third kappa shape index (κ3) is 3.97. The fourth-order valence-corrected chi connectivity index (χ4v) is 2.99. The van der Waals surface area contributed by atoms with Crippen molar-refractivity contribution in [3.8, 4) is 0 Å². The van der Waals surface area contributed by atoms with E-state index in [-0.39, 0.29) is 9.92 Å². The first kappa shape index (κ1) is 14.4. The Balaban J connectivity index is 1.77. The van der Waals surface area contributed by atoms with Gasteiger partial charge in [0.1, 0.15) is 0 Å². The number of rotatable bonds is 5. The zero-order valence-corrected chi connectivity index (χ0v) is 12.2. The average molecular weight is 284 g/mol. The highest BCUT2D eigenvalue weighted by Crippen LogP contribution is 2.22. The van der Waals surface area contributed by atoms with E-state index in [4.69, 9.17) is 0 Å². The standard InChI is InChI=1S/C12H20N4O2S/c1-14-3-4-15(2)11(8-14)7-13-6-10-5-12(16(17)18)19-9-10/h5,9,11,13H,3-4,6-8H2,1-2H3. The number of nitrogens with zero attached hydrogens (tertiary/aromatic N) is 3. The van der Waals surface area contributed by atoms with E-state index in [1.807, 2.05) is 5.38 Å². The molecule has 106 valence electrons. The first-order valence-corrected chi connectivity index (χ1v) is 7.25. The molecule has 0 saturated carbocycles. The molecule has 0 aliphatic carbocycles. The maximum Gasteiger partial charge on any atom is 0.324 e. The van der Waals surface area contributed by atoms with E-state index < -0.39 is 0 Å². The quantitative estimate of drug-likeness (QED) is 0.645. The van der Waals surface area contributed by atoms with Crippen LogP contribution in [0.1, 0.15) is 5.56 Å².